The van der Waals surface area contributed by atoms with Gasteiger partial charge in [-0.25, -0.2) is 8.78 Å². The van der Waals surface area contributed by atoms with E-state index in [1.165, 1.54) is 12.3 Å². The first-order valence-corrected chi connectivity index (χ1v) is 5.26. The molecule has 0 radical (unpaired) electrons. The standard InChI is InChI=1S/C10H12ClF2NO2/c1-7-4-8(6-16-7)10(15)14(3-2-11)5-9(12)13/h4,6,9H,2-3,5H2,1H3. The number of aryl methyl sites for hydroxylation is 1. The van der Waals surface area contributed by atoms with Gasteiger partial charge in [-0.05, 0) is 13.0 Å². The first kappa shape index (κ1) is 13.0. The molecule has 0 N–H and O–H groups in total. The molecule has 0 unspecified atom stereocenters. The van der Waals surface area contributed by atoms with E-state index in [4.69, 9.17) is 16.0 Å². The minimum Gasteiger partial charge on any atom is -0.469 e. The van der Waals surface area contributed by atoms with E-state index in [-0.39, 0.29) is 18.0 Å². The number of amides is 1. The van der Waals surface area contributed by atoms with E-state index in [9.17, 15) is 13.6 Å². The topological polar surface area (TPSA) is 33.5 Å². The monoisotopic (exact) mass is 251 g/mol. The molecule has 0 aromatic carbocycles. The number of rotatable bonds is 5. The Hall–Kier alpha value is -1.10. The number of carbonyl (C=O) groups excluding carboxylic acids is 1. The summed E-state index contributed by atoms with van der Waals surface area (Å²) in [7, 11) is 0. The molecule has 0 aliphatic carbocycles. The predicted octanol–water partition coefficient (Wildman–Crippen LogP) is 2.53. The van der Waals surface area contributed by atoms with Gasteiger partial charge in [0, 0.05) is 12.4 Å². The quantitative estimate of drug-likeness (QED) is 0.754. The molecule has 1 amide bonds. The Bertz CT molecular complexity index is 354. The molecular formula is C10H12ClF2NO2. The van der Waals surface area contributed by atoms with E-state index >= 15 is 0 Å². The lowest BCUT2D eigenvalue weighted by atomic mass is 10.2. The van der Waals surface area contributed by atoms with Gasteiger partial charge < -0.3 is 9.32 Å². The first-order chi connectivity index (χ1) is 7.54. The lowest BCUT2D eigenvalue weighted by molar-refractivity contribution is 0.0570. The summed E-state index contributed by atoms with van der Waals surface area (Å²) in [6, 6.07) is 1.51. The molecule has 1 aromatic heterocycles. The summed E-state index contributed by atoms with van der Waals surface area (Å²) in [4.78, 5) is 12.8. The fourth-order valence-electron chi connectivity index (χ4n) is 1.28. The number of hydrogen-bond acceptors (Lipinski definition) is 2. The van der Waals surface area contributed by atoms with Gasteiger partial charge in [-0.2, -0.15) is 0 Å². The van der Waals surface area contributed by atoms with E-state index in [0.717, 1.165) is 4.90 Å². The molecule has 0 saturated heterocycles. The summed E-state index contributed by atoms with van der Waals surface area (Å²) >= 11 is 5.45. The van der Waals surface area contributed by atoms with Gasteiger partial charge in [0.1, 0.15) is 12.0 Å². The highest BCUT2D eigenvalue weighted by molar-refractivity contribution is 6.18. The molecule has 0 fully saturated rings. The Balaban J connectivity index is 2.74. The number of hydrogen-bond donors (Lipinski definition) is 0. The number of alkyl halides is 3. The fraction of sp³-hybridized carbons (Fsp3) is 0.500. The van der Waals surface area contributed by atoms with E-state index in [1.54, 1.807) is 6.92 Å². The smallest absolute Gasteiger partial charge is 0.257 e. The highest BCUT2D eigenvalue weighted by atomic mass is 35.5. The Labute approximate surface area is 97.0 Å². The number of carbonyl (C=O) groups is 1. The van der Waals surface area contributed by atoms with Crippen molar-refractivity contribution in [2.24, 2.45) is 0 Å². The van der Waals surface area contributed by atoms with Gasteiger partial charge in [-0.1, -0.05) is 0 Å². The summed E-state index contributed by atoms with van der Waals surface area (Å²) < 4.78 is 29.4. The molecule has 0 aliphatic rings. The molecule has 1 heterocycles. The van der Waals surface area contributed by atoms with Crippen LogP contribution in [0, 0.1) is 6.92 Å². The van der Waals surface area contributed by atoms with Crippen LogP contribution in [0.3, 0.4) is 0 Å². The van der Waals surface area contributed by atoms with Crippen molar-refractivity contribution >= 4 is 17.5 Å². The van der Waals surface area contributed by atoms with Crippen molar-refractivity contribution < 1.29 is 18.0 Å². The van der Waals surface area contributed by atoms with Gasteiger partial charge in [-0.15, -0.1) is 11.6 Å². The van der Waals surface area contributed by atoms with Gasteiger partial charge in [0.05, 0.1) is 12.1 Å². The molecule has 1 aromatic rings. The van der Waals surface area contributed by atoms with Crippen LogP contribution in [0.25, 0.3) is 0 Å². The molecule has 90 valence electrons. The highest BCUT2D eigenvalue weighted by Crippen LogP contribution is 2.11. The predicted molar refractivity (Wildman–Crippen MR) is 56.1 cm³/mol. The van der Waals surface area contributed by atoms with Crippen LogP contribution >= 0.6 is 11.6 Å². The third-order valence-corrected chi connectivity index (χ3v) is 2.15. The molecule has 6 heteroatoms. The van der Waals surface area contributed by atoms with Crippen molar-refractivity contribution in [3.8, 4) is 0 Å². The van der Waals surface area contributed by atoms with Crippen molar-refractivity contribution in [3.05, 3.63) is 23.7 Å². The molecule has 0 saturated carbocycles. The molecule has 0 atom stereocenters. The zero-order valence-corrected chi connectivity index (χ0v) is 9.51. The van der Waals surface area contributed by atoms with E-state index < -0.39 is 18.9 Å². The van der Waals surface area contributed by atoms with Gasteiger partial charge >= 0.3 is 0 Å². The second-order valence-electron chi connectivity index (χ2n) is 3.28. The van der Waals surface area contributed by atoms with Crippen molar-refractivity contribution in [1.82, 2.24) is 4.90 Å². The maximum absolute atomic E-state index is 12.2. The maximum Gasteiger partial charge on any atom is 0.257 e. The molecule has 0 aliphatic heterocycles. The van der Waals surface area contributed by atoms with Crippen LogP contribution in [0.4, 0.5) is 8.78 Å². The van der Waals surface area contributed by atoms with E-state index in [1.807, 2.05) is 0 Å². The van der Waals surface area contributed by atoms with Crippen LogP contribution in [0.15, 0.2) is 16.7 Å². The van der Waals surface area contributed by atoms with Crippen LogP contribution in [0.2, 0.25) is 0 Å². The van der Waals surface area contributed by atoms with Crippen LogP contribution in [0.5, 0.6) is 0 Å². The van der Waals surface area contributed by atoms with Crippen molar-refractivity contribution in [2.45, 2.75) is 13.3 Å². The second kappa shape index (κ2) is 5.84. The average molecular weight is 252 g/mol. The fourth-order valence-corrected chi connectivity index (χ4v) is 1.49. The van der Waals surface area contributed by atoms with Crippen LogP contribution in [-0.4, -0.2) is 36.2 Å². The first-order valence-electron chi connectivity index (χ1n) is 4.73. The average Bonchev–Trinajstić information content (AvgIpc) is 2.62. The maximum atomic E-state index is 12.2. The summed E-state index contributed by atoms with van der Waals surface area (Å²) in [6.07, 6.45) is -1.31. The summed E-state index contributed by atoms with van der Waals surface area (Å²) in [5, 5.41) is 0. The number of halogens is 3. The zero-order valence-electron chi connectivity index (χ0n) is 8.75. The van der Waals surface area contributed by atoms with Crippen LogP contribution < -0.4 is 0 Å². The SMILES string of the molecule is Cc1cc(C(=O)N(CCCl)CC(F)F)co1. The minimum absolute atomic E-state index is 0.0922. The van der Waals surface area contributed by atoms with Gasteiger partial charge in [0.15, 0.2) is 0 Å². The Morgan fingerprint density at radius 2 is 2.31 bits per heavy atom. The molecule has 1 rings (SSSR count). The molecule has 16 heavy (non-hydrogen) atoms. The van der Waals surface area contributed by atoms with Gasteiger partial charge in [0.25, 0.3) is 12.3 Å². The second-order valence-corrected chi connectivity index (χ2v) is 3.66. The number of furan rings is 1. The van der Waals surface area contributed by atoms with Crippen LogP contribution in [-0.2, 0) is 0 Å². The third-order valence-electron chi connectivity index (χ3n) is 1.98. The number of nitrogens with zero attached hydrogens (tertiary/aromatic N) is 1. The summed E-state index contributed by atoms with van der Waals surface area (Å²) in [5.41, 5.74) is 0.267. The van der Waals surface area contributed by atoms with Crippen molar-refractivity contribution in [2.75, 3.05) is 19.0 Å². The van der Waals surface area contributed by atoms with E-state index in [0.29, 0.717) is 5.76 Å². The molecule has 3 nitrogen and oxygen atoms in total. The normalized spacial score (nSPS) is 10.8. The Morgan fingerprint density at radius 3 is 2.75 bits per heavy atom. The summed E-state index contributed by atoms with van der Waals surface area (Å²) in [5.74, 6) is 0.193. The Kier molecular flexibility index (Phi) is 4.73. The largest absolute Gasteiger partial charge is 0.469 e. The minimum atomic E-state index is -2.57. The van der Waals surface area contributed by atoms with Crippen LogP contribution in [0.1, 0.15) is 16.1 Å². The van der Waals surface area contributed by atoms with Crippen molar-refractivity contribution in [3.63, 3.8) is 0 Å². The lowest BCUT2D eigenvalue weighted by Gasteiger charge is -2.20. The lowest BCUT2D eigenvalue weighted by Crippen LogP contribution is -2.36. The molecule has 0 spiro atoms. The van der Waals surface area contributed by atoms with Gasteiger partial charge in [-0.3, -0.25) is 4.79 Å². The van der Waals surface area contributed by atoms with E-state index in [2.05, 4.69) is 0 Å². The van der Waals surface area contributed by atoms with Crippen molar-refractivity contribution in [1.29, 1.82) is 0 Å². The van der Waals surface area contributed by atoms with Gasteiger partial charge in [0.2, 0.25) is 0 Å². The molecule has 0 bridgehead atoms. The highest BCUT2D eigenvalue weighted by Gasteiger charge is 2.20. The summed E-state index contributed by atoms with van der Waals surface area (Å²) in [6.45, 7) is 1.15. The third kappa shape index (κ3) is 3.48. The zero-order chi connectivity index (χ0) is 12.1. The Morgan fingerprint density at radius 1 is 1.62 bits per heavy atom. The molecular weight excluding hydrogens is 240 g/mol.